The highest BCUT2D eigenvalue weighted by atomic mass is 35.5. The van der Waals surface area contributed by atoms with Crippen LogP contribution in [0.3, 0.4) is 0 Å². The zero-order chi connectivity index (χ0) is 23.5. The zero-order valence-electron chi connectivity index (χ0n) is 16.6. The van der Waals surface area contributed by atoms with Gasteiger partial charge in [0.25, 0.3) is 11.6 Å². The van der Waals surface area contributed by atoms with Crippen LogP contribution in [0, 0.1) is 10.1 Å². The molecule has 0 bridgehead atoms. The highest BCUT2D eigenvalue weighted by Crippen LogP contribution is 2.29. The Bertz CT molecular complexity index is 1020. The van der Waals surface area contributed by atoms with E-state index in [1.807, 2.05) is 0 Å². The maximum atomic E-state index is 12.7. The number of hydrogen-bond acceptors (Lipinski definition) is 5. The number of anilines is 1. The second-order valence-corrected chi connectivity index (χ2v) is 7.55. The molecule has 0 atom stereocenters. The largest absolute Gasteiger partial charge is 0.416 e. The number of nitrogens with one attached hydrogen (secondary N) is 1. The molecule has 1 aliphatic heterocycles. The first kappa shape index (κ1) is 23.5. The molecule has 12 heteroatoms. The van der Waals surface area contributed by atoms with Gasteiger partial charge in [-0.25, -0.2) is 0 Å². The predicted molar refractivity (Wildman–Crippen MR) is 111 cm³/mol. The van der Waals surface area contributed by atoms with E-state index in [0.29, 0.717) is 13.1 Å². The van der Waals surface area contributed by atoms with E-state index < -0.39 is 22.6 Å². The number of amides is 2. The van der Waals surface area contributed by atoms with Gasteiger partial charge in [0.05, 0.1) is 17.0 Å². The summed E-state index contributed by atoms with van der Waals surface area (Å²) in [6, 6.07) is 7.93. The molecule has 0 aromatic heterocycles. The summed E-state index contributed by atoms with van der Waals surface area (Å²) < 4.78 is 38.0. The lowest BCUT2D eigenvalue weighted by molar-refractivity contribution is -0.383. The number of nitro benzene ring substituents is 1. The van der Waals surface area contributed by atoms with Crippen molar-refractivity contribution in [2.24, 2.45) is 0 Å². The van der Waals surface area contributed by atoms with Crippen molar-refractivity contribution in [2.75, 3.05) is 38.0 Å². The van der Waals surface area contributed by atoms with Gasteiger partial charge in [0.2, 0.25) is 5.91 Å². The minimum atomic E-state index is -4.47. The van der Waals surface area contributed by atoms with Gasteiger partial charge in [0, 0.05) is 42.8 Å². The van der Waals surface area contributed by atoms with E-state index in [9.17, 15) is 32.9 Å². The van der Waals surface area contributed by atoms with Crippen molar-refractivity contribution in [1.29, 1.82) is 0 Å². The molecule has 0 unspecified atom stereocenters. The molecule has 1 heterocycles. The van der Waals surface area contributed by atoms with Gasteiger partial charge in [-0.05, 0) is 36.4 Å². The van der Waals surface area contributed by atoms with Gasteiger partial charge in [-0.15, -0.1) is 0 Å². The summed E-state index contributed by atoms with van der Waals surface area (Å²) in [7, 11) is 0. The van der Waals surface area contributed by atoms with Crippen molar-refractivity contribution in [1.82, 2.24) is 9.80 Å². The Hall–Kier alpha value is -3.18. The summed E-state index contributed by atoms with van der Waals surface area (Å²) in [6.07, 6.45) is -4.47. The Morgan fingerprint density at radius 2 is 1.69 bits per heavy atom. The van der Waals surface area contributed by atoms with E-state index in [1.54, 1.807) is 4.90 Å². The van der Waals surface area contributed by atoms with Crippen LogP contribution in [0.25, 0.3) is 0 Å². The Balaban J connectivity index is 1.53. The summed E-state index contributed by atoms with van der Waals surface area (Å²) in [5, 5.41) is 13.8. The molecule has 32 heavy (non-hydrogen) atoms. The van der Waals surface area contributed by atoms with Gasteiger partial charge < -0.3 is 10.2 Å². The second kappa shape index (κ2) is 9.53. The number of carbonyl (C=O) groups excluding carboxylic acids is 2. The van der Waals surface area contributed by atoms with Crippen LogP contribution in [-0.2, 0) is 11.0 Å². The highest BCUT2D eigenvalue weighted by Gasteiger charge is 2.31. The molecule has 1 N–H and O–H groups in total. The first-order chi connectivity index (χ1) is 15.0. The molecule has 8 nitrogen and oxygen atoms in total. The zero-order valence-corrected chi connectivity index (χ0v) is 17.3. The quantitative estimate of drug-likeness (QED) is 0.531. The van der Waals surface area contributed by atoms with E-state index in [4.69, 9.17) is 11.6 Å². The molecule has 1 saturated heterocycles. The van der Waals surface area contributed by atoms with Crippen molar-refractivity contribution >= 4 is 34.8 Å². The molecule has 0 radical (unpaired) electrons. The molecule has 1 aliphatic rings. The van der Waals surface area contributed by atoms with Crippen molar-refractivity contribution in [3.63, 3.8) is 0 Å². The van der Waals surface area contributed by atoms with Gasteiger partial charge in [-0.1, -0.05) is 11.6 Å². The second-order valence-electron chi connectivity index (χ2n) is 7.11. The first-order valence-corrected chi connectivity index (χ1v) is 9.85. The number of nitrogens with zero attached hydrogens (tertiary/aromatic N) is 3. The van der Waals surface area contributed by atoms with Crippen molar-refractivity contribution < 1.29 is 27.7 Å². The molecule has 0 aliphatic carbocycles. The average molecular weight is 471 g/mol. The Morgan fingerprint density at radius 3 is 2.25 bits per heavy atom. The molecule has 2 aromatic carbocycles. The number of halogens is 4. The summed E-state index contributed by atoms with van der Waals surface area (Å²) in [6.45, 7) is 1.26. The maximum absolute atomic E-state index is 12.7. The number of piperazine rings is 1. The lowest BCUT2D eigenvalue weighted by Crippen LogP contribution is -2.50. The lowest BCUT2D eigenvalue weighted by Gasteiger charge is -2.34. The first-order valence-electron chi connectivity index (χ1n) is 9.47. The minimum absolute atomic E-state index is 0.0283. The smallest absolute Gasteiger partial charge is 0.336 e. The van der Waals surface area contributed by atoms with Crippen LogP contribution in [0.4, 0.5) is 24.5 Å². The van der Waals surface area contributed by atoms with E-state index in [1.165, 1.54) is 17.0 Å². The fourth-order valence-corrected chi connectivity index (χ4v) is 3.41. The minimum Gasteiger partial charge on any atom is -0.336 e. The summed E-state index contributed by atoms with van der Waals surface area (Å²) >= 11 is 5.76. The summed E-state index contributed by atoms with van der Waals surface area (Å²) in [4.78, 5) is 38.6. The molecule has 3 rings (SSSR count). The molecular formula is C20H18ClF3N4O4. The van der Waals surface area contributed by atoms with Crippen LogP contribution in [0.15, 0.2) is 42.5 Å². The number of rotatable bonds is 5. The fraction of sp³-hybridized carbons (Fsp3) is 0.300. The molecular weight excluding hydrogens is 453 g/mol. The van der Waals surface area contributed by atoms with Crippen LogP contribution >= 0.6 is 11.6 Å². The van der Waals surface area contributed by atoms with Crippen LogP contribution in [0.2, 0.25) is 5.02 Å². The number of hydrogen-bond donors (Lipinski definition) is 1. The normalized spacial score (nSPS) is 14.8. The number of benzene rings is 2. The molecule has 170 valence electrons. The molecule has 1 fully saturated rings. The van der Waals surface area contributed by atoms with Crippen molar-refractivity contribution in [3.05, 3.63) is 68.7 Å². The Labute approximate surface area is 185 Å². The number of carbonyl (C=O) groups is 2. The molecule has 2 aromatic rings. The Morgan fingerprint density at radius 1 is 1.06 bits per heavy atom. The van der Waals surface area contributed by atoms with Crippen LogP contribution in [0.5, 0.6) is 0 Å². The van der Waals surface area contributed by atoms with Crippen LogP contribution in [-0.4, -0.2) is 59.3 Å². The van der Waals surface area contributed by atoms with Gasteiger partial charge in [0.15, 0.2) is 0 Å². The lowest BCUT2D eigenvalue weighted by atomic mass is 10.1. The van der Waals surface area contributed by atoms with E-state index in [-0.39, 0.29) is 47.5 Å². The predicted octanol–water partition coefficient (Wildman–Crippen LogP) is 3.66. The van der Waals surface area contributed by atoms with Crippen LogP contribution in [0.1, 0.15) is 15.9 Å². The third-order valence-electron chi connectivity index (χ3n) is 4.92. The highest BCUT2D eigenvalue weighted by molar-refractivity contribution is 6.31. The van der Waals surface area contributed by atoms with Crippen molar-refractivity contribution in [2.45, 2.75) is 6.18 Å². The molecule has 2 amide bonds. The van der Waals surface area contributed by atoms with E-state index in [0.717, 1.165) is 30.3 Å². The van der Waals surface area contributed by atoms with Crippen molar-refractivity contribution in [3.8, 4) is 0 Å². The maximum Gasteiger partial charge on any atom is 0.416 e. The van der Waals surface area contributed by atoms with Gasteiger partial charge in [-0.3, -0.25) is 24.6 Å². The Kier molecular flexibility index (Phi) is 6.99. The number of alkyl halides is 3. The van der Waals surface area contributed by atoms with Gasteiger partial charge in [-0.2, -0.15) is 13.2 Å². The third-order valence-corrected chi connectivity index (χ3v) is 5.15. The summed E-state index contributed by atoms with van der Waals surface area (Å²) in [5.74, 6) is -0.849. The topological polar surface area (TPSA) is 95.8 Å². The van der Waals surface area contributed by atoms with Crippen LogP contribution < -0.4 is 5.32 Å². The fourth-order valence-electron chi connectivity index (χ4n) is 3.25. The monoisotopic (exact) mass is 470 g/mol. The summed E-state index contributed by atoms with van der Waals surface area (Å²) in [5.41, 5.74) is -0.969. The third kappa shape index (κ3) is 5.74. The van der Waals surface area contributed by atoms with E-state index >= 15 is 0 Å². The van der Waals surface area contributed by atoms with E-state index in [2.05, 4.69) is 5.32 Å². The SMILES string of the molecule is O=C(CN1CCN(C(=O)c2ccc(C(F)(F)F)cc2)CC1)Nc1ccc(Cl)cc1[N+](=O)[O-]. The molecule has 0 saturated carbocycles. The standard InChI is InChI=1S/C20H18ClF3N4O4/c21-15-5-6-16(17(11-15)28(31)32)25-18(29)12-26-7-9-27(10-8-26)19(30)13-1-3-14(4-2-13)20(22,23)24/h1-6,11H,7-10,12H2,(H,25,29). The van der Waals surface area contributed by atoms with Gasteiger partial charge in [0.1, 0.15) is 5.69 Å². The number of nitro groups is 1. The average Bonchev–Trinajstić information content (AvgIpc) is 2.74. The molecule has 0 spiro atoms. The van der Waals surface area contributed by atoms with Gasteiger partial charge >= 0.3 is 6.18 Å².